The third-order valence-corrected chi connectivity index (χ3v) is 2.94. The molecule has 0 aliphatic heterocycles. The Bertz CT molecular complexity index is 246. The van der Waals surface area contributed by atoms with Crippen molar-refractivity contribution < 1.29 is 4.42 Å². The van der Waals surface area contributed by atoms with Crippen LogP contribution in [0.1, 0.15) is 38.0 Å². The second-order valence-corrected chi connectivity index (χ2v) is 4.53. The minimum Gasteiger partial charge on any atom is -0.469 e. The molecule has 0 saturated heterocycles. The molecule has 0 amide bonds. The molecule has 0 unspecified atom stereocenters. The van der Waals surface area contributed by atoms with E-state index in [4.69, 9.17) is 4.42 Å². The highest BCUT2D eigenvalue weighted by molar-refractivity contribution is 5.19. The molecule has 0 atom stereocenters. The normalized spacial score (nSPS) is 21.5. The lowest BCUT2D eigenvalue weighted by molar-refractivity contribution is 0.311. The Balaban J connectivity index is 2.21. The van der Waals surface area contributed by atoms with Gasteiger partial charge in [-0.05, 0) is 36.3 Å². The molecule has 0 saturated carbocycles. The first-order valence-corrected chi connectivity index (χ1v) is 4.73. The van der Waals surface area contributed by atoms with Crippen molar-refractivity contribution in [2.45, 2.75) is 39.5 Å². The highest BCUT2D eigenvalue weighted by Crippen LogP contribution is 2.33. The van der Waals surface area contributed by atoms with E-state index in [0.717, 1.165) is 6.42 Å². The smallest absolute Gasteiger partial charge is 0.106 e. The van der Waals surface area contributed by atoms with Crippen LogP contribution in [-0.2, 0) is 12.8 Å². The van der Waals surface area contributed by atoms with Crippen LogP contribution in [0.25, 0.3) is 0 Å². The molecule has 1 heterocycles. The van der Waals surface area contributed by atoms with Gasteiger partial charge in [0.25, 0.3) is 0 Å². The molecule has 0 radical (unpaired) electrons. The lowest BCUT2D eigenvalue weighted by Gasteiger charge is -2.21. The third-order valence-electron chi connectivity index (χ3n) is 2.94. The maximum atomic E-state index is 5.43. The summed E-state index contributed by atoms with van der Waals surface area (Å²) >= 11 is 0. The van der Waals surface area contributed by atoms with Crippen LogP contribution in [0.4, 0.5) is 0 Å². The predicted octanol–water partition coefficient (Wildman–Crippen LogP) is 3.18. The number of hydrogen-bond donors (Lipinski definition) is 0. The molecular formula is C11H16O. The average Bonchev–Trinajstić information content (AvgIpc) is 2.40. The molecule has 0 fully saturated rings. The largest absolute Gasteiger partial charge is 0.469 e. The molecule has 66 valence electrons. The molecule has 1 aromatic heterocycles. The van der Waals surface area contributed by atoms with Crippen molar-refractivity contribution in [3.63, 3.8) is 0 Å². The SMILES string of the molecule is CC1(C)CCc2ccoc2CC1. The Kier molecular flexibility index (Phi) is 1.75. The first-order valence-electron chi connectivity index (χ1n) is 4.73. The summed E-state index contributed by atoms with van der Waals surface area (Å²) in [5.74, 6) is 1.22. The zero-order valence-electron chi connectivity index (χ0n) is 7.89. The van der Waals surface area contributed by atoms with Gasteiger partial charge in [0.2, 0.25) is 0 Å². The zero-order chi connectivity index (χ0) is 8.60. The fourth-order valence-electron chi connectivity index (χ4n) is 1.86. The maximum absolute atomic E-state index is 5.43. The summed E-state index contributed by atoms with van der Waals surface area (Å²) in [6, 6.07) is 2.12. The Labute approximate surface area is 73.8 Å². The lowest BCUT2D eigenvalue weighted by Crippen LogP contribution is -2.10. The van der Waals surface area contributed by atoms with Crippen LogP contribution in [-0.4, -0.2) is 0 Å². The molecule has 0 spiro atoms. The van der Waals surface area contributed by atoms with E-state index in [-0.39, 0.29) is 0 Å². The van der Waals surface area contributed by atoms with Gasteiger partial charge in [0.05, 0.1) is 6.26 Å². The first-order chi connectivity index (χ1) is 5.67. The van der Waals surface area contributed by atoms with Gasteiger partial charge in [0, 0.05) is 6.42 Å². The number of fused-ring (bicyclic) bond motifs is 1. The van der Waals surface area contributed by atoms with Crippen molar-refractivity contribution in [2.24, 2.45) is 5.41 Å². The minimum atomic E-state index is 0.502. The van der Waals surface area contributed by atoms with Gasteiger partial charge in [-0.2, -0.15) is 0 Å². The number of hydrogen-bond acceptors (Lipinski definition) is 1. The van der Waals surface area contributed by atoms with E-state index in [2.05, 4.69) is 19.9 Å². The maximum Gasteiger partial charge on any atom is 0.106 e. The Morgan fingerprint density at radius 2 is 2.00 bits per heavy atom. The fourth-order valence-corrected chi connectivity index (χ4v) is 1.86. The van der Waals surface area contributed by atoms with Gasteiger partial charge in [-0.1, -0.05) is 13.8 Å². The van der Waals surface area contributed by atoms with Gasteiger partial charge in [-0.25, -0.2) is 0 Å². The average molecular weight is 164 g/mol. The minimum absolute atomic E-state index is 0.502. The Hall–Kier alpha value is -0.720. The Morgan fingerprint density at radius 3 is 2.83 bits per heavy atom. The van der Waals surface area contributed by atoms with E-state index in [1.807, 2.05) is 6.26 Å². The molecule has 1 aliphatic carbocycles. The van der Waals surface area contributed by atoms with Crippen LogP contribution in [0.15, 0.2) is 16.7 Å². The van der Waals surface area contributed by atoms with Crippen molar-refractivity contribution in [3.8, 4) is 0 Å². The highest BCUT2D eigenvalue weighted by atomic mass is 16.3. The fraction of sp³-hybridized carbons (Fsp3) is 0.636. The van der Waals surface area contributed by atoms with Gasteiger partial charge in [-0.3, -0.25) is 0 Å². The molecule has 0 aromatic carbocycles. The van der Waals surface area contributed by atoms with Gasteiger partial charge in [0.15, 0.2) is 0 Å². The molecule has 1 aromatic rings. The summed E-state index contributed by atoms with van der Waals surface area (Å²) in [7, 11) is 0. The molecule has 2 rings (SSSR count). The van der Waals surface area contributed by atoms with Crippen molar-refractivity contribution >= 4 is 0 Å². The molecule has 0 N–H and O–H groups in total. The summed E-state index contributed by atoms with van der Waals surface area (Å²) < 4.78 is 5.43. The van der Waals surface area contributed by atoms with Crippen LogP contribution in [0, 0.1) is 5.41 Å². The van der Waals surface area contributed by atoms with E-state index in [1.54, 1.807) is 0 Å². The molecule has 1 aliphatic rings. The summed E-state index contributed by atoms with van der Waals surface area (Å²) in [5.41, 5.74) is 1.93. The Morgan fingerprint density at radius 1 is 1.25 bits per heavy atom. The first kappa shape index (κ1) is 7.90. The van der Waals surface area contributed by atoms with Crippen molar-refractivity contribution in [1.82, 2.24) is 0 Å². The number of furan rings is 1. The third kappa shape index (κ3) is 1.40. The zero-order valence-corrected chi connectivity index (χ0v) is 7.89. The van der Waals surface area contributed by atoms with Gasteiger partial charge in [0.1, 0.15) is 5.76 Å². The van der Waals surface area contributed by atoms with Crippen LogP contribution in [0.2, 0.25) is 0 Å². The molecule has 0 bridgehead atoms. The van der Waals surface area contributed by atoms with Crippen LogP contribution in [0.5, 0.6) is 0 Å². The van der Waals surface area contributed by atoms with Gasteiger partial charge in [-0.15, -0.1) is 0 Å². The summed E-state index contributed by atoms with van der Waals surface area (Å²) in [4.78, 5) is 0. The summed E-state index contributed by atoms with van der Waals surface area (Å²) in [5, 5.41) is 0. The number of rotatable bonds is 0. The molecule has 1 nitrogen and oxygen atoms in total. The quantitative estimate of drug-likeness (QED) is 0.537. The second kappa shape index (κ2) is 2.65. The second-order valence-electron chi connectivity index (χ2n) is 4.53. The number of aryl methyl sites for hydroxylation is 2. The highest BCUT2D eigenvalue weighted by Gasteiger charge is 2.23. The summed E-state index contributed by atoms with van der Waals surface area (Å²) in [6.07, 6.45) is 6.68. The summed E-state index contributed by atoms with van der Waals surface area (Å²) in [6.45, 7) is 4.69. The predicted molar refractivity (Wildman–Crippen MR) is 49.1 cm³/mol. The standard InChI is InChI=1S/C11H16O/c1-11(2)6-3-9-5-8-12-10(9)4-7-11/h5,8H,3-4,6-7H2,1-2H3. The lowest BCUT2D eigenvalue weighted by atomic mass is 9.85. The molecule has 12 heavy (non-hydrogen) atoms. The monoisotopic (exact) mass is 164 g/mol. The van der Waals surface area contributed by atoms with Crippen molar-refractivity contribution in [2.75, 3.05) is 0 Å². The van der Waals surface area contributed by atoms with Crippen LogP contribution >= 0.6 is 0 Å². The van der Waals surface area contributed by atoms with Crippen LogP contribution in [0.3, 0.4) is 0 Å². The molecule has 1 heteroatoms. The topological polar surface area (TPSA) is 13.1 Å². The molecular weight excluding hydrogens is 148 g/mol. The van der Waals surface area contributed by atoms with E-state index >= 15 is 0 Å². The van der Waals surface area contributed by atoms with Gasteiger partial charge >= 0.3 is 0 Å². The van der Waals surface area contributed by atoms with Crippen LogP contribution < -0.4 is 0 Å². The van der Waals surface area contributed by atoms with E-state index in [1.165, 1.54) is 30.6 Å². The van der Waals surface area contributed by atoms with E-state index < -0.39 is 0 Å². The van der Waals surface area contributed by atoms with Gasteiger partial charge < -0.3 is 4.42 Å². The van der Waals surface area contributed by atoms with E-state index in [0.29, 0.717) is 5.41 Å². The van der Waals surface area contributed by atoms with Crippen molar-refractivity contribution in [1.29, 1.82) is 0 Å². The van der Waals surface area contributed by atoms with Crippen molar-refractivity contribution in [3.05, 3.63) is 23.7 Å². The van der Waals surface area contributed by atoms with E-state index in [9.17, 15) is 0 Å².